The summed E-state index contributed by atoms with van der Waals surface area (Å²) in [6.07, 6.45) is 1.45. The molecule has 1 aromatic carbocycles. The zero-order valence-corrected chi connectivity index (χ0v) is 13.9. The van der Waals surface area contributed by atoms with E-state index >= 15 is 0 Å². The number of para-hydroxylation sites is 1. The minimum absolute atomic E-state index is 0.270. The summed E-state index contributed by atoms with van der Waals surface area (Å²) in [6, 6.07) is 10.9. The molecule has 4 aromatic rings. The van der Waals surface area contributed by atoms with Crippen molar-refractivity contribution in [2.45, 2.75) is 6.92 Å². The first-order chi connectivity index (χ1) is 12.1. The molecule has 8 heteroatoms. The van der Waals surface area contributed by atoms with Gasteiger partial charge in [0.1, 0.15) is 22.3 Å². The largest absolute Gasteiger partial charge is 0.477 e. The van der Waals surface area contributed by atoms with Crippen molar-refractivity contribution in [3.63, 3.8) is 0 Å². The second kappa shape index (κ2) is 5.99. The van der Waals surface area contributed by atoms with Crippen LogP contribution in [0.4, 0.5) is 5.82 Å². The van der Waals surface area contributed by atoms with Gasteiger partial charge >= 0.3 is 5.97 Å². The normalized spacial score (nSPS) is 12.0. The Kier molecular flexibility index (Phi) is 3.66. The van der Waals surface area contributed by atoms with E-state index in [9.17, 15) is 4.79 Å². The van der Waals surface area contributed by atoms with E-state index in [0.29, 0.717) is 22.6 Å². The molecule has 0 saturated heterocycles. The highest BCUT2D eigenvalue weighted by Crippen LogP contribution is 2.30. The van der Waals surface area contributed by atoms with Crippen molar-refractivity contribution < 1.29 is 14.3 Å². The molecule has 0 aliphatic heterocycles. The maximum absolute atomic E-state index is 11.0. The minimum Gasteiger partial charge on any atom is -0.477 e. The highest BCUT2D eigenvalue weighted by atomic mass is 32.1. The van der Waals surface area contributed by atoms with Crippen LogP contribution in [0.1, 0.15) is 21.5 Å². The van der Waals surface area contributed by atoms with Crippen LogP contribution in [0.15, 0.2) is 52.2 Å². The van der Waals surface area contributed by atoms with Crippen LogP contribution in [0.25, 0.3) is 22.1 Å². The molecule has 0 aliphatic carbocycles. The topological polar surface area (TPSA) is 101 Å². The first-order valence-corrected chi connectivity index (χ1v) is 8.21. The molecule has 3 aromatic heterocycles. The van der Waals surface area contributed by atoms with E-state index in [1.165, 1.54) is 17.7 Å². The van der Waals surface area contributed by atoms with Gasteiger partial charge in [0.2, 0.25) is 0 Å². The van der Waals surface area contributed by atoms with Gasteiger partial charge in [0, 0.05) is 5.39 Å². The number of furan rings is 1. The van der Waals surface area contributed by atoms with Crippen molar-refractivity contribution in [1.29, 1.82) is 0 Å². The van der Waals surface area contributed by atoms with E-state index in [4.69, 9.17) is 9.52 Å². The number of thiophene rings is 1. The highest BCUT2D eigenvalue weighted by Gasteiger charge is 2.13. The molecule has 4 rings (SSSR count). The molecule has 0 unspecified atom stereocenters. The molecule has 7 nitrogen and oxygen atoms in total. The summed E-state index contributed by atoms with van der Waals surface area (Å²) in [5, 5.41) is 14.2. The quantitative estimate of drug-likeness (QED) is 0.426. The number of hydrogen-bond donors (Lipinski definition) is 2. The van der Waals surface area contributed by atoms with Gasteiger partial charge in [0.25, 0.3) is 0 Å². The number of aromatic carboxylic acids is 1. The Labute approximate surface area is 145 Å². The summed E-state index contributed by atoms with van der Waals surface area (Å²) >= 11 is 1.17. The molecule has 0 saturated carbocycles. The summed E-state index contributed by atoms with van der Waals surface area (Å²) in [7, 11) is 0. The molecule has 0 fully saturated rings. The summed E-state index contributed by atoms with van der Waals surface area (Å²) in [6.45, 7) is 1.79. The predicted molar refractivity (Wildman–Crippen MR) is 96.4 cm³/mol. The molecular formula is C17H12N4O3S. The van der Waals surface area contributed by atoms with Gasteiger partial charge in [-0.05, 0) is 31.2 Å². The van der Waals surface area contributed by atoms with Crippen molar-refractivity contribution in [1.82, 2.24) is 9.97 Å². The fourth-order valence-corrected chi connectivity index (χ4v) is 3.23. The highest BCUT2D eigenvalue weighted by molar-refractivity contribution is 7.15. The molecular weight excluding hydrogens is 340 g/mol. The molecule has 0 aliphatic rings. The molecule has 25 heavy (non-hydrogen) atoms. The van der Waals surface area contributed by atoms with Crippen molar-refractivity contribution in [3.05, 3.63) is 52.5 Å². The predicted octanol–water partition coefficient (Wildman–Crippen LogP) is 3.97. The second-order valence-corrected chi connectivity index (χ2v) is 6.36. The molecule has 3 heterocycles. The maximum atomic E-state index is 11.0. The van der Waals surface area contributed by atoms with Gasteiger partial charge in [-0.2, -0.15) is 5.10 Å². The number of nitrogens with one attached hydrogen (secondary N) is 1. The number of hydrogen-bond acceptors (Lipinski definition) is 7. The Morgan fingerprint density at radius 3 is 2.80 bits per heavy atom. The van der Waals surface area contributed by atoms with Crippen LogP contribution < -0.4 is 5.43 Å². The third-order valence-electron chi connectivity index (χ3n) is 3.66. The van der Waals surface area contributed by atoms with Crippen LogP contribution in [0.5, 0.6) is 0 Å². The van der Waals surface area contributed by atoms with E-state index in [1.807, 2.05) is 24.3 Å². The lowest BCUT2D eigenvalue weighted by Gasteiger charge is -2.01. The lowest BCUT2D eigenvalue weighted by atomic mass is 10.2. The number of aromatic nitrogens is 2. The molecule has 0 bridgehead atoms. The van der Waals surface area contributed by atoms with Gasteiger partial charge in [-0.25, -0.2) is 14.8 Å². The summed E-state index contributed by atoms with van der Waals surface area (Å²) < 4.78 is 5.83. The Bertz CT molecular complexity index is 1130. The zero-order valence-electron chi connectivity index (χ0n) is 13.1. The molecule has 0 radical (unpaired) electrons. The Hall–Kier alpha value is -3.26. The van der Waals surface area contributed by atoms with Gasteiger partial charge < -0.3 is 9.52 Å². The van der Waals surface area contributed by atoms with Crippen LogP contribution in [-0.2, 0) is 0 Å². The standard InChI is InChI=1S/C17H12N4O3S/c1-9(12-6-7-13(25-12)17(22)23)20-21-16-15-14(18-8-19-16)10-4-2-3-5-11(10)24-15/h2-8H,1H3,(H,22,23)(H,18,19,21)/b20-9-. The maximum Gasteiger partial charge on any atom is 0.345 e. The number of rotatable bonds is 4. The van der Waals surface area contributed by atoms with Gasteiger partial charge in [-0.3, -0.25) is 5.43 Å². The van der Waals surface area contributed by atoms with Crippen LogP contribution in [0.2, 0.25) is 0 Å². The Morgan fingerprint density at radius 2 is 2.00 bits per heavy atom. The van der Waals surface area contributed by atoms with E-state index in [-0.39, 0.29) is 4.88 Å². The SMILES string of the molecule is C/C(=N/Nc1ncnc2c1oc1ccccc12)c1ccc(C(=O)O)s1. The van der Waals surface area contributed by atoms with Crippen molar-refractivity contribution in [2.24, 2.45) is 5.10 Å². The number of carboxylic acids is 1. The third-order valence-corrected chi connectivity index (χ3v) is 4.84. The van der Waals surface area contributed by atoms with Gasteiger partial charge in [0.05, 0.1) is 10.6 Å². The van der Waals surface area contributed by atoms with Crippen molar-refractivity contribution >= 4 is 50.9 Å². The van der Waals surface area contributed by atoms with Gasteiger partial charge in [-0.15, -0.1) is 11.3 Å². The Balaban J connectivity index is 1.69. The van der Waals surface area contributed by atoms with Crippen LogP contribution in [0, 0.1) is 0 Å². The van der Waals surface area contributed by atoms with E-state index in [0.717, 1.165) is 15.8 Å². The molecule has 0 amide bonds. The monoisotopic (exact) mass is 352 g/mol. The van der Waals surface area contributed by atoms with Crippen LogP contribution >= 0.6 is 11.3 Å². The van der Waals surface area contributed by atoms with Crippen molar-refractivity contribution in [2.75, 3.05) is 5.43 Å². The number of hydrazone groups is 1. The molecule has 124 valence electrons. The zero-order chi connectivity index (χ0) is 17.4. The van der Waals surface area contributed by atoms with Gasteiger partial charge in [-0.1, -0.05) is 12.1 Å². The van der Waals surface area contributed by atoms with E-state index < -0.39 is 5.97 Å². The third kappa shape index (κ3) is 2.72. The van der Waals surface area contributed by atoms with E-state index in [2.05, 4.69) is 20.5 Å². The first-order valence-electron chi connectivity index (χ1n) is 7.39. The number of carboxylic acid groups (broad SMARTS) is 1. The van der Waals surface area contributed by atoms with Gasteiger partial charge in [0.15, 0.2) is 11.4 Å². The first kappa shape index (κ1) is 15.3. The Morgan fingerprint density at radius 1 is 1.20 bits per heavy atom. The molecule has 0 atom stereocenters. The van der Waals surface area contributed by atoms with Crippen LogP contribution in [-0.4, -0.2) is 26.8 Å². The molecule has 2 N–H and O–H groups in total. The number of fused-ring (bicyclic) bond motifs is 3. The smallest absolute Gasteiger partial charge is 0.345 e. The number of benzene rings is 1. The average molecular weight is 352 g/mol. The fourth-order valence-electron chi connectivity index (χ4n) is 2.44. The summed E-state index contributed by atoms with van der Waals surface area (Å²) in [4.78, 5) is 20.5. The van der Waals surface area contributed by atoms with Crippen molar-refractivity contribution in [3.8, 4) is 0 Å². The lowest BCUT2D eigenvalue weighted by Crippen LogP contribution is -1.99. The summed E-state index contributed by atoms with van der Waals surface area (Å²) in [5.41, 5.74) is 5.51. The fraction of sp³-hybridized carbons (Fsp3) is 0.0588. The van der Waals surface area contributed by atoms with E-state index in [1.54, 1.807) is 19.1 Å². The summed E-state index contributed by atoms with van der Waals surface area (Å²) in [5.74, 6) is -0.493. The molecule has 0 spiro atoms. The second-order valence-electron chi connectivity index (χ2n) is 5.28. The lowest BCUT2D eigenvalue weighted by molar-refractivity contribution is 0.0702. The van der Waals surface area contributed by atoms with Crippen LogP contribution in [0.3, 0.4) is 0 Å². The number of nitrogens with zero attached hydrogens (tertiary/aromatic N) is 3. The average Bonchev–Trinajstić information content (AvgIpc) is 3.25. The minimum atomic E-state index is -0.947. The number of anilines is 1. The number of carbonyl (C=O) groups is 1.